The standard InChI is InChI=1S/C9H14NO2PS/c1-8(2)14-13(10,11)12-9-6-4-3-5-7-9/h3-8H,1-2H3,(H2,10,11). The van der Waals surface area contributed by atoms with Crippen molar-refractivity contribution in [3.63, 3.8) is 0 Å². The number of rotatable bonds is 4. The number of nitrogens with two attached hydrogens (primary N) is 1. The molecule has 0 saturated heterocycles. The lowest BCUT2D eigenvalue weighted by Crippen LogP contribution is -2.01. The first-order valence-electron chi connectivity index (χ1n) is 4.31. The Balaban J connectivity index is 2.64. The van der Waals surface area contributed by atoms with Crippen LogP contribution in [0, 0.1) is 0 Å². The van der Waals surface area contributed by atoms with Gasteiger partial charge in [-0.15, -0.1) is 0 Å². The third-order valence-electron chi connectivity index (χ3n) is 1.33. The second-order valence-corrected chi connectivity index (χ2v) is 7.67. The molecule has 1 rings (SSSR count). The van der Waals surface area contributed by atoms with Gasteiger partial charge in [-0.1, -0.05) is 32.0 Å². The van der Waals surface area contributed by atoms with E-state index in [-0.39, 0.29) is 5.25 Å². The second-order valence-electron chi connectivity index (χ2n) is 3.10. The van der Waals surface area contributed by atoms with Crippen LogP contribution in [0.3, 0.4) is 0 Å². The van der Waals surface area contributed by atoms with Crippen LogP contribution in [-0.2, 0) is 4.57 Å². The van der Waals surface area contributed by atoms with Crippen LogP contribution in [-0.4, -0.2) is 5.25 Å². The number of hydrogen-bond donors (Lipinski definition) is 1. The summed E-state index contributed by atoms with van der Waals surface area (Å²) in [5, 5.41) is 0.189. The molecule has 14 heavy (non-hydrogen) atoms. The first-order chi connectivity index (χ1) is 6.49. The quantitative estimate of drug-likeness (QED) is 0.808. The molecule has 3 nitrogen and oxygen atoms in total. The highest BCUT2D eigenvalue weighted by molar-refractivity contribution is 8.56. The SMILES string of the molecule is CC(C)SP(N)(=O)Oc1ccccc1. The van der Waals surface area contributed by atoms with Gasteiger partial charge >= 0.3 is 6.72 Å². The smallest absolute Gasteiger partial charge is 0.371 e. The molecule has 0 spiro atoms. The lowest BCUT2D eigenvalue weighted by atomic mass is 10.3. The normalized spacial score (nSPS) is 15.1. The summed E-state index contributed by atoms with van der Waals surface area (Å²) in [6, 6.07) is 8.97. The van der Waals surface area contributed by atoms with E-state index in [1.165, 1.54) is 0 Å². The number of hydrogen-bond acceptors (Lipinski definition) is 3. The van der Waals surface area contributed by atoms with Gasteiger partial charge in [0.1, 0.15) is 5.75 Å². The van der Waals surface area contributed by atoms with Gasteiger partial charge in [-0.3, -0.25) is 0 Å². The lowest BCUT2D eigenvalue weighted by molar-refractivity contribution is 0.500. The maximum absolute atomic E-state index is 11.7. The highest BCUT2D eigenvalue weighted by atomic mass is 32.7. The van der Waals surface area contributed by atoms with Crippen LogP contribution in [0.15, 0.2) is 30.3 Å². The highest BCUT2D eigenvalue weighted by Gasteiger charge is 2.21. The first kappa shape index (κ1) is 11.6. The highest BCUT2D eigenvalue weighted by Crippen LogP contribution is 2.53. The molecule has 0 saturated carbocycles. The zero-order chi connectivity index (χ0) is 10.6. The van der Waals surface area contributed by atoms with Crippen LogP contribution in [0.1, 0.15) is 13.8 Å². The third-order valence-corrected chi connectivity index (χ3v) is 4.88. The fourth-order valence-corrected chi connectivity index (χ4v) is 4.14. The Kier molecular flexibility index (Phi) is 4.05. The molecule has 1 atom stereocenters. The van der Waals surface area contributed by atoms with Crippen LogP contribution in [0.4, 0.5) is 0 Å². The molecule has 1 aromatic carbocycles. The molecular weight excluding hydrogens is 217 g/mol. The third kappa shape index (κ3) is 4.18. The van der Waals surface area contributed by atoms with Gasteiger partial charge in [0.25, 0.3) is 0 Å². The Labute approximate surface area is 88.3 Å². The van der Waals surface area contributed by atoms with Crippen molar-refractivity contribution >= 4 is 18.1 Å². The van der Waals surface area contributed by atoms with Gasteiger partial charge in [-0.05, 0) is 23.5 Å². The minimum Gasteiger partial charge on any atom is -0.426 e. The van der Waals surface area contributed by atoms with E-state index in [4.69, 9.17) is 10.0 Å². The maximum Gasteiger partial charge on any atom is 0.371 e. The molecule has 2 N–H and O–H groups in total. The van der Waals surface area contributed by atoms with Crippen LogP contribution in [0.5, 0.6) is 5.75 Å². The zero-order valence-electron chi connectivity index (χ0n) is 8.21. The monoisotopic (exact) mass is 231 g/mol. The molecule has 0 amide bonds. The van der Waals surface area contributed by atoms with E-state index in [1.807, 2.05) is 32.0 Å². The summed E-state index contributed by atoms with van der Waals surface area (Å²) in [6.45, 7) is 0.804. The molecule has 0 aromatic heterocycles. The number of para-hydroxylation sites is 1. The van der Waals surface area contributed by atoms with Gasteiger partial charge in [0, 0.05) is 5.25 Å². The summed E-state index contributed by atoms with van der Waals surface area (Å²) in [6.07, 6.45) is 0. The van der Waals surface area contributed by atoms with Gasteiger partial charge in [-0.25, -0.2) is 10.1 Å². The molecule has 0 heterocycles. The van der Waals surface area contributed by atoms with Crippen LogP contribution >= 0.6 is 18.1 Å². The second kappa shape index (κ2) is 4.87. The van der Waals surface area contributed by atoms with Crippen LogP contribution < -0.4 is 10.0 Å². The van der Waals surface area contributed by atoms with Gasteiger partial charge in [-0.2, -0.15) is 0 Å². The van der Waals surface area contributed by atoms with Gasteiger partial charge < -0.3 is 4.52 Å². The Morgan fingerprint density at radius 3 is 2.43 bits per heavy atom. The van der Waals surface area contributed by atoms with Crippen molar-refractivity contribution in [2.75, 3.05) is 0 Å². The largest absolute Gasteiger partial charge is 0.426 e. The first-order valence-corrected chi connectivity index (χ1v) is 7.49. The van der Waals surface area contributed by atoms with E-state index in [0.717, 1.165) is 11.4 Å². The molecule has 0 radical (unpaired) electrons. The molecule has 0 aliphatic carbocycles. The van der Waals surface area contributed by atoms with Crippen molar-refractivity contribution in [2.24, 2.45) is 5.50 Å². The van der Waals surface area contributed by atoms with Crippen LogP contribution in [0.25, 0.3) is 0 Å². The summed E-state index contributed by atoms with van der Waals surface area (Å²) in [4.78, 5) is 0. The Morgan fingerprint density at radius 2 is 1.93 bits per heavy atom. The Hall–Kier alpha value is -0.440. The molecule has 0 aliphatic heterocycles. The average molecular weight is 231 g/mol. The molecule has 5 heteroatoms. The van der Waals surface area contributed by atoms with Crippen molar-refractivity contribution < 1.29 is 9.09 Å². The molecule has 1 aromatic rings. The van der Waals surface area contributed by atoms with Crippen molar-refractivity contribution in [3.8, 4) is 5.75 Å². The predicted octanol–water partition coefficient (Wildman–Crippen LogP) is 3.27. The predicted molar refractivity (Wildman–Crippen MR) is 61.6 cm³/mol. The van der Waals surface area contributed by atoms with E-state index < -0.39 is 6.72 Å². The van der Waals surface area contributed by atoms with E-state index in [9.17, 15) is 4.57 Å². The summed E-state index contributed by atoms with van der Waals surface area (Å²) in [7, 11) is 0. The summed E-state index contributed by atoms with van der Waals surface area (Å²) >= 11 is 1.16. The van der Waals surface area contributed by atoms with Gasteiger partial charge in [0.05, 0.1) is 0 Å². The van der Waals surface area contributed by atoms with Crippen molar-refractivity contribution in [1.29, 1.82) is 0 Å². The van der Waals surface area contributed by atoms with Crippen LogP contribution in [0.2, 0.25) is 0 Å². The molecule has 1 unspecified atom stereocenters. The Bertz CT molecular complexity index is 329. The zero-order valence-corrected chi connectivity index (χ0v) is 9.92. The van der Waals surface area contributed by atoms with E-state index in [1.54, 1.807) is 12.1 Å². The Morgan fingerprint density at radius 1 is 1.36 bits per heavy atom. The fourth-order valence-electron chi connectivity index (χ4n) is 0.944. The summed E-state index contributed by atoms with van der Waals surface area (Å²) in [5.41, 5.74) is 5.55. The summed E-state index contributed by atoms with van der Waals surface area (Å²) < 4.78 is 16.9. The minimum atomic E-state index is -3.05. The molecular formula is C9H14NO2PS. The van der Waals surface area contributed by atoms with Crippen molar-refractivity contribution in [3.05, 3.63) is 30.3 Å². The maximum atomic E-state index is 11.7. The van der Waals surface area contributed by atoms with Crippen molar-refractivity contribution in [2.45, 2.75) is 19.1 Å². The van der Waals surface area contributed by atoms with E-state index in [2.05, 4.69) is 0 Å². The fraction of sp³-hybridized carbons (Fsp3) is 0.333. The van der Waals surface area contributed by atoms with Gasteiger partial charge in [0.15, 0.2) is 0 Å². The number of benzene rings is 1. The molecule has 0 bridgehead atoms. The molecule has 0 aliphatic rings. The lowest BCUT2D eigenvalue weighted by Gasteiger charge is -2.15. The molecule has 78 valence electrons. The van der Waals surface area contributed by atoms with E-state index in [0.29, 0.717) is 5.75 Å². The average Bonchev–Trinajstić information content (AvgIpc) is 2.02. The minimum absolute atomic E-state index is 0.189. The molecule has 0 fully saturated rings. The van der Waals surface area contributed by atoms with Crippen molar-refractivity contribution in [1.82, 2.24) is 0 Å². The van der Waals surface area contributed by atoms with E-state index >= 15 is 0 Å². The van der Waals surface area contributed by atoms with Gasteiger partial charge in [0.2, 0.25) is 0 Å². The topological polar surface area (TPSA) is 52.3 Å². The summed E-state index contributed by atoms with van der Waals surface area (Å²) in [5.74, 6) is 0.548.